The molecule has 0 fully saturated rings. The number of carbonyl (C=O) groups excluding carboxylic acids is 1. The van der Waals surface area contributed by atoms with E-state index >= 15 is 0 Å². The summed E-state index contributed by atoms with van der Waals surface area (Å²) in [7, 11) is 1.50. The first-order valence-corrected chi connectivity index (χ1v) is 5.46. The molecule has 0 aromatic heterocycles. The molecule has 0 aliphatic rings. The van der Waals surface area contributed by atoms with E-state index in [9.17, 15) is 9.90 Å². The van der Waals surface area contributed by atoms with Crippen molar-refractivity contribution in [1.29, 1.82) is 0 Å². The zero-order valence-electron chi connectivity index (χ0n) is 10.2. The number of methoxy groups -OCH3 is 1. The molecule has 1 unspecified atom stereocenters. The Morgan fingerprint density at radius 3 is 2.33 bits per heavy atom. The molecule has 1 amide bonds. The highest BCUT2D eigenvalue weighted by molar-refractivity contribution is 5.80. The van der Waals surface area contributed by atoms with Gasteiger partial charge in [0.25, 0.3) is 0 Å². The van der Waals surface area contributed by atoms with E-state index in [0.29, 0.717) is 6.54 Å². The van der Waals surface area contributed by atoms with E-state index in [2.05, 4.69) is 5.32 Å². The molecule has 0 aliphatic carbocycles. The van der Waals surface area contributed by atoms with Gasteiger partial charge in [0.1, 0.15) is 6.10 Å². The lowest BCUT2D eigenvalue weighted by Gasteiger charge is -2.29. The fraction of sp³-hybridized carbons (Fsp3) is 0.909. The third-order valence-corrected chi connectivity index (χ3v) is 3.20. The maximum atomic E-state index is 11.5. The van der Waals surface area contributed by atoms with Crippen LogP contribution in [0.1, 0.15) is 33.6 Å². The van der Waals surface area contributed by atoms with Crippen LogP contribution in [0.5, 0.6) is 0 Å². The molecule has 0 radical (unpaired) electrons. The van der Waals surface area contributed by atoms with Crippen molar-refractivity contribution in [3.8, 4) is 0 Å². The zero-order chi connectivity index (χ0) is 11.9. The Hall–Kier alpha value is -0.610. The molecule has 2 N–H and O–H groups in total. The monoisotopic (exact) mass is 217 g/mol. The van der Waals surface area contributed by atoms with Gasteiger partial charge in [0.15, 0.2) is 0 Å². The zero-order valence-corrected chi connectivity index (χ0v) is 10.2. The van der Waals surface area contributed by atoms with E-state index in [1.807, 2.05) is 13.8 Å². The van der Waals surface area contributed by atoms with Crippen molar-refractivity contribution in [2.75, 3.05) is 20.3 Å². The minimum absolute atomic E-state index is 0.0989. The van der Waals surface area contributed by atoms with Crippen LogP contribution < -0.4 is 5.32 Å². The number of rotatable bonds is 7. The number of hydrogen-bond acceptors (Lipinski definition) is 3. The van der Waals surface area contributed by atoms with Crippen molar-refractivity contribution in [1.82, 2.24) is 5.32 Å². The summed E-state index contributed by atoms with van der Waals surface area (Å²) < 4.78 is 4.90. The summed E-state index contributed by atoms with van der Waals surface area (Å²) in [6.07, 6.45) is 1.26. The molecule has 90 valence electrons. The Morgan fingerprint density at radius 2 is 2.00 bits per heavy atom. The van der Waals surface area contributed by atoms with Gasteiger partial charge in [0, 0.05) is 19.1 Å². The maximum Gasteiger partial charge on any atom is 0.248 e. The Balaban J connectivity index is 4.16. The second-order valence-electron chi connectivity index (χ2n) is 3.96. The van der Waals surface area contributed by atoms with Gasteiger partial charge in [0.05, 0.1) is 6.61 Å². The highest BCUT2D eigenvalue weighted by Crippen LogP contribution is 2.24. The van der Waals surface area contributed by atoms with Gasteiger partial charge >= 0.3 is 0 Å². The van der Waals surface area contributed by atoms with Gasteiger partial charge in [-0.05, 0) is 19.8 Å². The molecule has 0 heterocycles. The highest BCUT2D eigenvalue weighted by Gasteiger charge is 2.26. The largest absolute Gasteiger partial charge is 0.396 e. The van der Waals surface area contributed by atoms with Crippen molar-refractivity contribution in [3.63, 3.8) is 0 Å². The molecule has 0 saturated carbocycles. The Labute approximate surface area is 92.0 Å². The molecule has 1 atom stereocenters. The summed E-state index contributed by atoms with van der Waals surface area (Å²) in [5.41, 5.74) is -0.191. The van der Waals surface area contributed by atoms with Gasteiger partial charge in [-0.3, -0.25) is 4.79 Å². The number of amides is 1. The van der Waals surface area contributed by atoms with Crippen LogP contribution in [-0.4, -0.2) is 37.4 Å². The molecule has 0 bridgehead atoms. The van der Waals surface area contributed by atoms with Gasteiger partial charge in [-0.2, -0.15) is 0 Å². The number of aliphatic hydroxyl groups is 1. The smallest absolute Gasteiger partial charge is 0.248 e. The molecular weight excluding hydrogens is 194 g/mol. The van der Waals surface area contributed by atoms with Crippen molar-refractivity contribution in [2.45, 2.75) is 39.7 Å². The molecule has 0 rings (SSSR count). The van der Waals surface area contributed by atoms with Crippen LogP contribution in [0.3, 0.4) is 0 Å². The van der Waals surface area contributed by atoms with Gasteiger partial charge in [-0.25, -0.2) is 0 Å². The first kappa shape index (κ1) is 14.4. The van der Waals surface area contributed by atoms with Gasteiger partial charge in [0.2, 0.25) is 5.91 Å². The second kappa shape index (κ2) is 6.80. The van der Waals surface area contributed by atoms with E-state index in [-0.39, 0.29) is 17.9 Å². The molecular formula is C11H23NO3. The average Bonchev–Trinajstić information content (AvgIpc) is 2.30. The normalized spacial score (nSPS) is 13.7. The molecule has 4 nitrogen and oxygen atoms in total. The highest BCUT2D eigenvalue weighted by atomic mass is 16.5. The fourth-order valence-corrected chi connectivity index (χ4v) is 1.30. The number of ether oxygens (including phenoxy) is 1. The van der Waals surface area contributed by atoms with Crippen LogP contribution >= 0.6 is 0 Å². The van der Waals surface area contributed by atoms with Crippen LogP contribution in [0, 0.1) is 5.41 Å². The van der Waals surface area contributed by atoms with Crippen LogP contribution in [0.4, 0.5) is 0 Å². The number of carbonyl (C=O) groups is 1. The predicted octanol–water partition coefficient (Wildman–Crippen LogP) is 0.936. The van der Waals surface area contributed by atoms with Crippen LogP contribution in [0.2, 0.25) is 0 Å². The SMILES string of the molecule is CCC(CC)(CO)CNC(=O)C(C)OC. The second-order valence-corrected chi connectivity index (χ2v) is 3.96. The van der Waals surface area contributed by atoms with Crippen molar-refractivity contribution < 1.29 is 14.6 Å². The molecule has 0 saturated heterocycles. The molecule has 0 aliphatic heterocycles. The maximum absolute atomic E-state index is 11.5. The third-order valence-electron chi connectivity index (χ3n) is 3.20. The predicted molar refractivity (Wildman–Crippen MR) is 59.6 cm³/mol. The van der Waals surface area contributed by atoms with E-state index in [0.717, 1.165) is 12.8 Å². The van der Waals surface area contributed by atoms with Gasteiger partial charge in [-0.15, -0.1) is 0 Å². The lowest BCUT2D eigenvalue weighted by molar-refractivity contribution is -0.130. The van der Waals surface area contributed by atoms with Crippen LogP contribution in [0.25, 0.3) is 0 Å². The molecule has 0 spiro atoms. The minimum Gasteiger partial charge on any atom is -0.396 e. The topological polar surface area (TPSA) is 58.6 Å². The van der Waals surface area contributed by atoms with Crippen molar-refractivity contribution in [3.05, 3.63) is 0 Å². The summed E-state index contributed by atoms with van der Waals surface area (Å²) >= 11 is 0. The van der Waals surface area contributed by atoms with E-state index < -0.39 is 6.10 Å². The van der Waals surface area contributed by atoms with Crippen LogP contribution in [-0.2, 0) is 9.53 Å². The van der Waals surface area contributed by atoms with Crippen molar-refractivity contribution >= 4 is 5.91 Å². The molecule has 0 aromatic carbocycles. The fourth-order valence-electron chi connectivity index (χ4n) is 1.30. The standard InChI is InChI=1S/C11H23NO3/c1-5-11(6-2,8-13)7-12-10(14)9(3)15-4/h9,13H,5-8H2,1-4H3,(H,12,14). The molecule has 15 heavy (non-hydrogen) atoms. The number of hydrogen-bond donors (Lipinski definition) is 2. The summed E-state index contributed by atoms with van der Waals surface area (Å²) in [5.74, 6) is -0.128. The lowest BCUT2D eigenvalue weighted by Crippen LogP contribution is -2.43. The summed E-state index contributed by atoms with van der Waals surface area (Å²) in [6.45, 7) is 6.34. The van der Waals surface area contributed by atoms with E-state index in [1.54, 1.807) is 6.92 Å². The van der Waals surface area contributed by atoms with Crippen LogP contribution in [0.15, 0.2) is 0 Å². The Bertz CT molecular complexity index is 182. The summed E-state index contributed by atoms with van der Waals surface area (Å²) in [5, 5.41) is 12.1. The lowest BCUT2D eigenvalue weighted by atomic mass is 9.83. The van der Waals surface area contributed by atoms with E-state index in [4.69, 9.17) is 4.74 Å². The first-order chi connectivity index (χ1) is 7.05. The Kier molecular flexibility index (Phi) is 6.52. The number of aliphatic hydroxyl groups excluding tert-OH is 1. The quantitative estimate of drug-likeness (QED) is 0.667. The minimum atomic E-state index is -0.435. The summed E-state index contributed by atoms with van der Waals surface area (Å²) in [4.78, 5) is 11.5. The molecule has 4 heteroatoms. The summed E-state index contributed by atoms with van der Waals surface area (Å²) in [6, 6.07) is 0. The van der Waals surface area contributed by atoms with Gasteiger partial charge < -0.3 is 15.2 Å². The van der Waals surface area contributed by atoms with E-state index in [1.165, 1.54) is 7.11 Å². The Morgan fingerprint density at radius 1 is 1.47 bits per heavy atom. The third kappa shape index (κ3) is 4.18. The first-order valence-electron chi connectivity index (χ1n) is 5.46. The number of nitrogens with one attached hydrogen (secondary N) is 1. The molecule has 0 aromatic rings. The average molecular weight is 217 g/mol. The van der Waals surface area contributed by atoms with Crippen molar-refractivity contribution in [2.24, 2.45) is 5.41 Å². The van der Waals surface area contributed by atoms with Gasteiger partial charge in [-0.1, -0.05) is 13.8 Å².